The van der Waals surface area contributed by atoms with Crippen molar-refractivity contribution in [1.82, 2.24) is 0 Å². The summed E-state index contributed by atoms with van der Waals surface area (Å²) < 4.78 is 0. The minimum absolute atomic E-state index is 0.283. The van der Waals surface area contributed by atoms with Gasteiger partial charge in [-0.05, 0) is 55.0 Å². The van der Waals surface area contributed by atoms with Gasteiger partial charge in [0.1, 0.15) is 0 Å². The summed E-state index contributed by atoms with van der Waals surface area (Å²) >= 11 is 1.37. The van der Waals surface area contributed by atoms with Crippen LogP contribution in [-0.2, 0) is 14.4 Å². The first kappa shape index (κ1) is 20.4. The molecule has 1 heterocycles. The number of allylic oxidation sites excluding steroid dienone is 2. The Kier molecular flexibility index (Phi) is 5.06. The van der Waals surface area contributed by atoms with Gasteiger partial charge in [0.05, 0.1) is 16.5 Å². The lowest BCUT2D eigenvalue weighted by Gasteiger charge is -2.40. The lowest BCUT2D eigenvalue weighted by Crippen LogP contribution is -2.47. The fourth-order valence-corrected chi connectivity index (χ4v) is 5.14. The van der Waals surface area contributed by atoms with E-state index in [4.69, 9.17) is 0 Å². The van der Waals surface area contributed by atoms with Crippen LogP contribution in [0, 0.1) is 25.2 Å². The highest BCUT2D eigenvalue weighted by atomic mass is 32.2. The second kappa shape index (κ2) is 7.43. The van der Waals surface area contributed by atoms with E-state index in [2.05, 4.69) is 10.6 Å². The van der Waals surface area contributed by atoms with E-state index >= 15 is 0 Å². The summed E-state index contributed by atoms with van der Waals surface area (Å²) in [5.41, 5.74) is 3.55. The van der Waals surface area contributed by atoms with E-state index in [0.717, 1.165) is 27.4 Å². The summed E-state index contributed by atoms with van der Waals surface area (Å²) in [7, 11) is 0. The monoisotopic (exact) mass is 420 g/mol. The van der Waals surface area contributed by atoms with Gasteiger partial charge in [-0.15, -0.1) is 0 Å². The minimum atomic E-state index is -1.01. The van der Waals surface area contributed by atoms with E-state index in [1.54, 1.807) is 0 Å². The maximum absolute atomic E-state index is 13.4. The molecule has 1 amide bonds. The first-order valence-corrected chi connectivity index (χ1v) is 10.7. The number of Topliss-reactive ketones (excluding diaryl/α,β-unsaturated/α-hetero) is 2. The molecular formula is C24H24N2O3S. The molecule has 154 valence electrons. The molecule has 0 radical (unpaired) electrons. The molecule has 0 bridgehead atoms. The van der Waals surface area contributed by atoms with Crippen LogP contribution >= 0.6 is 11.8 Å². The zero-order valence-electron chi connectivity index (χ0n) is 17.5. The number of rotatable bonds is 3. The molecule has 0 saturated carbocycles. The summed E-state index contributed by atoms with van der Waals surface area (Å²) in [6.07, 6.45) is 0.516. The van der Waals surface area contributed by atoms with E-state index in [-0.39, 0.29) is 5.78 Å². The molecule has 2 N–H and O–H groups in total. The van der Waals surface area contributed by atoms with Gasteiger partial charge in [0.15, 0.2) is 5.78 Å². The quantitative estimate of drug-likeness (QED) is 0.548. The number of ketones is 2. The van der Waals surface area contributed by atoms with E-state index in [0.29, 0.717) is 17.0 Å². The topological polar surface area (TPSA) is 75.3 Å². The zero-order chi connectivity index (χ0) is 21.6. The zero-order valence-corrected chi connectivity index (χ0v) is 18.3. The maximum atomic E-state index is 13.4. The van der Waals surface area contributed by atoms with Gasteiger partial charge < -0.3 is 10.6 Å². The van der Waals surface area contributed by atoms with Gasteiger partial charge in [0.25, 0.3) is 5.91 Å². The molecule has 0 fully saturated rings. The number of hydrogen-bond donors (Lipinski definition) is 2. The number of para-hydroxylation sites is 1. The molecule has 4 rings (SSSR count). The van der Waals surface area contributed by atoms with E-state index in [1.165, 1.54) is 11.8 Å². The molecule has 30 heavy (non-hydrogen) atoms. The Morgan fingerprint density at radius 2 is 1.87 bits per heavy atom. The average molecular weight is 421 g/mol. The predicted octanol–water partition coefficient (Wildman–Crippen LogP) is 4.86. The third-order valence-electron chi connectivity index (χ3n) is 5.69. The Morgan fingerprint density at radius 3 is 2.63 bits per heavy atom. The fraction of sp³-hybridized carbons (Fsp3) is 0.292. The summed E-state index contributed by atoms with van der Waals surface area (Å²) in [5, 5.41) is 6.07. The molecule has 0 spiro atoms. The highest BCUT2D eigenvalue weighted by Crippen LogP contribution is 2.50. The van der Waals surface area contributed by atoms with Gasteiger partial charge in [0, 0.05) is 16.3 Å². The van der Waals surface area contributed by atoms with Crippen LogP contribution in [0.3, 0.4) is 0 Å². The van der Waals surface area contributed by atoms with Crippen molar-refractivity contribution in [3.63, 3.8) is 0 Å². The molecule has 0 unspecified atom stereocenters. The second-order valence-electron chi connectivity index (χ2n) is 8.63. The molecule has 6 heteroatoms. The van der Waals surface area contributed by atoms with Crippen molar-refractivity contribution >= 4 is 40.6 Å². The number of fused-ring (bicyclic) bond motifs is 1. The van der Waals surface area contributed by atoms with Gasteiger partial charge in [-0.25, -0.2) is 0 Å². The third-order valence-corrected chi connectivity index (χ3v) is 6.91. The Balaban J connectivity index is 1.62. The van der Waals surface area contributed by atoms with Crippen molar-refractivity contribution in [2.75, 3.05) is 10.6 Å². The minimum Gasteiger partial charge on any atom is -0.357 e. The molecule has 2 aliphatic rings. The predicted molar refractivity (Wildman–Crippen MR) is 119 cm³/mol. The number of thioether (sulfide) groups is 1. The standard InChI is InChI=1S/C24H24N2O3S/c1-13-9-10-14(2)16(11-13)26-23(29)21(28)19-20(27)22-17(12-24(19,3)4)25-15-7-5-6-8-18(15)30-22/h5-11,19,25H,12H2,1-4H3,(H,26,29)/t19-/m1/s1. The van der Waals surface area contributed by atoms with Crippen LogP contribution in [0.25, 0.3) is 0 Å². The number of amides is 1. The van der Waals surface area contributed by atoms with Crippen LogP contribution in [0.15, 0.2) is 58.0 Å². The van der Waals surface area contributed by atoms with E-state index in [9.17, 15) is 14.4 Å². The Hall–Kier alpha value is -2.86. The van der Waals surface area contributed by atoms with Crippen molar-refractivity contribution in [2.24, 2.45) is 11.3 Å². The third kappa shape index (κ3) is 3.56. The van der Waals surface area contributed by atoms with Gasteiger partial charge in [-0.3, -0.25) is 14.4 Å². The second-order valence-corrected chi connectivity index (χ2v) is 9.68. The fourth-order valence-electron chi connectivity index (χ4n) is 4.08. The summed E-state index contributed by atoms with van der Waals surface area (Å²) in [6.45, 7) is 7.53. The Labute approximate surface area is 180 Å². The van der Waals surface area contributed by atoms with Crippen LogP contribution in [0.1, 0.15) is 31.4 Å². The highest BCUT2D eigenvalue weighted by molar-refractivity contribution is 8.04. The molecule has 1 aliphatic carbocycles. The van der Waals surface area contributed by atoms with Gasteiger partial charge in [-0.2, -0.15) is 0 Å². The highest BCUT2D eigenvalue weighted by Gasteiger charge is 2.49. The molecule has 2 aromatic rings. The largest absolute Gasteiger partial charge is 0.357 e. The Morgan fingerprint density at radius 1 is 1.13 bits per heavy atom. The number of benzene rings is 2. The van der Waals surface area contributed by atoms with Crippen LogP contribution in [0.5, 0.6) is 0 Å². The number of hydrogen-bond acceptors (Lipinski definition) is 5. The van der Waals surface area contributed by atoms with Crippen molar-refractivity contribution in [2.45, 2.75) is 39.0 Å². The van der Waals surface area contributed by atoms with Crippen molar-refractivity contribution in [1.29, 1.82) is 0 Å². The summed E-state index contributed by atoms with van der Waals surface area (Å²) in [4.78, 5) is 40.8. The van der Waals surface area contributed by atoms with Gasteiger partial charge >= 0.3 is 0 Å². The molecule has 1 aliphatic heterocycles. The maximum Gasteiger partial charge on any atom is 0.292 e. The van der Waals surface area contributed by atoms with Gasteiger partial charge in [0.2, 0.25) is 5.78 Å². The average Bonchev–Trinajstić information content (AvgIpc) is 2.69. The number of carbonyl (C=O) groups excluding carboxylic acids is 3. The molecular weight excluding hydrogens is 396 g/mol. The van der Waals surface area contributed by atoms with E-state index in [1.807, 2.05) is 70.2 Å². The molecule has 0 saturated heterocycles. The van der Waals surface area contributed by atoms with Crippen molar-refractivity contribution in [3.05, 3.63) is 64.2 Å². The molecule has 5 nitrogen and oxygen atoms in total. The SMILES string of the molecule is Cc1ccc(C)c(NC(=O)C(=O)[C@H]2C(=O)C3=C(CC2(C)C)Nc2ccccc2S3)c1. The first-order valence-electron chi connectivity index (χ1n) is 9.91. The van der Waals surface area contributed by atoms with Crippen molar-refractivity contribution < 1.29 is 14.4 Å². The number of nitrogens with one attached hydrogen (secondary N) is 2. The Bertz CT molecular complexity index is 1120. The number of carbonyl (C=O) groups is 3. The van der Waals surface area contributed by atoms with Crippen LogP contribution in [-0.4, -0.2) is 17.5 Å². The summed E-state index contributed by atoms with van der Waals surface area (Å²) in [6, 6.07) is 13.4. The van der Waals surface area contributed by atoms with Gasteiger partial charge in [-0.1, -0.05) is 49.9 Å². The summed E-state index contributed by atoms with van der Waals surface area (Å²) in [5.74, 6) is -2.72. The van der Waals surface area contributed by atoms with Crippen LogP contribution in [0.2, 0.25) is 0 Å². The number of anilines is 2. The van der Waals surface area contributed by atoms with Crippen LogP contribution < -0.4 is 10.6 Å². The molecule has 1 atom stereocenters. The van der Waals surface area contributed by atoms with Crippen molar-refractivity contribution in [3.8, 4) is 0 Å². The molecule has 0 aromatic heterocycles. The lowest BCUT2D eigenvalue weighted by molar-refractivity contribution is -0.144. The normalized spacial score (nSPS) is 19.5. The smallest absolute Gasteiger partial charge is 0.292 e. The van der Waals surface area contributed by atoms with Crippen LogP contribution in [0.4, 0.5) is 11.4 Å². The number of aryl methyl sites for hydroxylation is 2. The first-order chi connectivity index (χ1) is 14.2. The lowest BCUT2D eigenvalue weighted by atomic mass is 9.67. The van der Waals surface area contributed by atoms with E-state index < -0.39 is 23.0 Å². The molecule has 2 aromatic carbocycles.